The summed E-state index contributed by atoms with van der Waals surface area (Å²) in [4.78, 5) is 23.2. The maximum Gasteiger partial charge on any atom is 0.239 e. The highest BCUT2D eigenvalue weighted by molar-refractivity contribution is 7.14. The first-order valence-electron chi connectivity index (χ1n) is 8.34. The van der Waals surface area contributed by atoms with E-state index in [9.17, 15) is 4.79 Å². The topological polar surface area (TPSA) is 93.1 Å². The van der Waals surface area contributed by atoms with Crippen LogP contribution in [-0.4, -0.2) is 63.8 Å². The highest BCUT2D eigenvalue weighted by Gasteiger charge is 2.15. The Kier molecular flexibility index (Phi) is 4.83. The fraction of sp³-hybridized carbons (Fsp3) is 0.353. The Balaban J connectivity index is 1.51. The van der Waals surface area contributed by atoms with Crippen molar-refractivity contribution in [1.82, 2.24) is 25.1 Å². The number of carbonyl (C=O) groups excluding carboxylic acids is 1. The number of pyridine rings is 2. The number of rotatable bonds is 4. The summed E-state index contributed by atoms with van der Waals surface area (Å²) in [5.74, 6) is 0.406. The summed E-state index contributed by atoms with van der Waals surface area (Å²) in [7, 11) is 0. The van der Waals surface area contributed by atoms with Crippen LogP contribution < -0.4 is 5.32 Å². The minimum atomic E-state index is -0.0883. The molecule has 9 heteroatoms. The SMILES string of the molecule is Cc1nnc(-c2ccc3cnc(NC(=O)CN4CCOCC4)cc3n2)s1. The molecule has 0 spiro atoms. The minimum Gasteiger partial charge on any atom is -0.379 e. The lowest BCUT2D eigenvalue weighted by molar-refractivity contribution is -0.118. The van der Waals surface area contributed by atoms with Crippen molar-refractivity contribution in [3.05, 3.63) is 29.4 Å². The second-order valence-corrected chi connectivity index (χ2v) is 7.20. The van der Waals surface area contributed by atoms with Crippen LogP contribution in [0.15, 0.2) is 24.4 Å². The first-order chi connectivity index (χ1) is 12.7. The lowest BCUT2D eigenvalue weighted by Crippen LogP contribution is -2.41. The first kappa shape index (κ1) is 17.0. The summed E-state index contributed by atoms with van der Waals surface area (Å²) < 4.78 is 5.29. The maximum absolute atomic E-state index is 12.2. The van der Waals surface area contributed by atoms with Crippen molar-refractivity contribution in [2.24, 2.45) is 0 Å². The molecule has 1 fully saturated rings. The summed E-state index contributed by atoms with van der Waals surface area (Å²) in [6.45, 7) is 5.11. The fourth-order valence-electron chi connectivity index (χ4n) is 2.75. The average Bonchev–Trinajstić information content (AvgIpc) is 3.08. The van der Waals surface area contributed by atoms with Gasteiger partial charge in [0.05, 0.1) is 25.3 Å². The number of ether oxygens (including phenoxy) is 1. The van der Waals surface area contributed by atoms with E-state index in [1.54, 1.807) is 12.3 Å². The van der Waals surface area contributed by atoms with E-state index >= 15 is 0 Å². The van der Waals surface area contributed by atoms with Crippen LogP contribution in [0, 0.1) is 6.92 Å². The van der Waals surface area contributed by atoms with Crippen LogP contribution in [-0.2, 0) is 9.53 Å². The molecule has 0 atom stereocenters. The van der Waals surface area contributed by atoms with Gasteiger partial charge in [-0.25, -0.2) is 9.97 Å². The van der Waals surface area contributed by atoms with Crippen molar-refractivity contribution in [3.63, 3.8) is 0 Å². The fourth-order valence-corrected chi connectivity index (χ4v) is 3.41. The molecule has 8 nitrogen and oxygen atoms in total. The monoisotopic (exact) mass is 370 g/mol. The molecule has 1 aliphatic rings. The van der Waals surface area contributed by atoms with Gasteiger partial charge in [-0.05, 0) is 19.1 Å². The van der Waals surface area contributed by atoms with Crippen LogP contribution in [0.2, 0.25) is 0 Å². The van der Waals surface area contributed by atoms with Gasteiger partial charge in [-0.2, -0.15) is 0 Å². The van der Waals surface area contributed by atoms with E-state index in [1.807, 2.05) is 19.1 Å². The molecule has 134 valence electrons. The second kappa shape index (κ2) is 7.40. The Morgan fingerprint density at radius 3 is 2.92 bits per heavy atom. The molecular weight excluding hydrogens is 352 g/mol. The first-order valence-corrected chi connectivity index (χ1v) is 9.16. The highest BCUT2D eigenvalue weighted by atomic mass is 32.1. The second-order valence-electron chi connectivity index (χ2n) is 6.02. The van der Waals surface area contributed by atoms with Gasteiger partial charge in [0.15, 0.2) is 5.01 Å². The zero-order valence-electron chi connectivity index (χ0n) is 14.3. The Bertz CT molecular complexity index is 938. The van der Waals surface area contributed by atoms with Crippen LogP contribution in [0.25, 0.3) is 21.6 Å². The molecule has 1 amide bonds. The van der Waals surface area contributed by atoms with Crippen molar-refractivity contribution in [2.45, 2.75) is 6.92 Å². The van der Waals surface area contributed by atoms with Gasteiger partial charge in [0, 0.05) is 30.7 Å². The summed E-state index contributed by atoms with van der Waals surface area (Å²) in [6.07, 6.45) is 1.71. The van der Waals surface area contributed by atoms with Crippen LogP contribution in [0.4, 0.5) is 5.82 Å². The molecule has 1 N–H and O–H groups in total. The van der Waals surface area contributed by atoms with E-state index in [0.717, 1.165) is 39.7 Å². The quantitative estimate of drug-likeness (QED) is 0.747. The van der Waals surface area contributed by atoms with Gasteiger partial charge in [-0.15, -0.1) is 10.2 Å². The largest absolute Gasteiger partial charge is 0.379 e. The van der Waals surface area contributed by atoms with Gasteiger partial charge in [0.25, 0.3) is 0 Å². The predicted molar refractivity (Wildman–Crippen MR) is 99.1 cm³/mol. The molecule has 4 heterocycles. The number of carbonyl (C=O) groups is 1. The predicted octanol–water partition coefficient (Wildman–Crippen LogP) is 1.73. The number of nitrogens with one attached hydrogen (secondary N) is 1. The third-order valence-electron chi connectivity index (χ3n) is 4.06. The molecule has 1 aliphatic heterocycles. The Hall–Kier alpha value is -2.49. The van der Waals surface area contributed by atoms with Crippen LogP contribution in [0.3, 0.4) is 0 Å². The van der Waals surface area contributed by atoms with E-state index in [-0.39, 0.29) is 5.91 Å². The number of hydrogen-bond donors (Lipinski definition) is 1. The number of morpholine rings is 1. The molecule has 0 bridgehead atoms. The van der Waals surface area contributed by atoms with Crippen molar-refractivity contribution in [3.8, 4) is 10.7 Å². The van der Waals surface area contributed by atoms with Crippen molar-refractivity contribution >= 4 is 34.0 Å². The van der Waals surface area contributed by atoms with Gasteiger partial charge in [-0.1, -0.05) is 11.3 Å². The van der Waals surface area contributed by atoms with Crippen molar-refractivity contribution < 1.29 is 9.53 Å². The standard InChI is InChI=1S/C17H18N6O2S/c1-11-21-22-17(26-11)13-3-2-12-9-18-15(8-14(12)19-13)20-16(24)10-23-4-6-25-7-5-23/h2-3,8-9H,4-7,10H2,1H3,(H,18,20,24). The van der Waals surface area contributed by atoms with Gasteiger partial charge < -0.3 is 10.1 Å². The van der Waals surface area contributed by atoms with Gasteiger partial charge in [0.1, 0.15) is 16.5 Å². The third kappa shape index (κ3) is 3.85. The number of amides is 1. The van der Waals surface area contributed by atoms with E-state index in [1.165, 1.54) is 11.3 Å². The summed E-state index contributed by atoms with van der Waals surface area (Å²) >= 11 is 1.50. The zero-order chi connectivity index (χ0) is 17.9. The average molecular weight is 370 g/mol. The maximum atomic E-state index is 12.2. The Morgan fingerprint density at radius 2 is 2.15 bits per heavy atom. The summed E-state index contributed by atoms with van der Waals surface area (Å²) in [6, 6.07) is 5.63. The van der Waals surface area contributed by atoms with E-state index in [2.05, 4.69) is 30.4 Å². The Morgan fingerprint density at radius 1 is 1.31 bits per heavy atom. The van der Waals surface area contributed by atoms with Crippen LogP contribution >= 0.6 is 11.3 Å². The molecule has 3 aromatic heterocycles. The molecule has 0 unspecified atom stereocenters. The molecule has 26 heavy (non-hydrogen) atoms. The van der Waals surface area contributed by atoms with Crippen molar-refractivity contribution in [1.29, 1.82) is 0 Å². The molecule has 4 rings (SSSR count). The van der Waals surface area contributed by atoms with E-state index in [4.69, 9.17) is 4.74 Å². The Labute approximate surface area is 154 Å². The molecule has 0 aromatic carbocycles. The molecule has 1 saturated heterocycles. The minimum absolute atomic E-state index is 0.0883. The molecule has 0 radical (unpaired) electrons. The van der Waals surface area contributed by atoms with E-state index in [0.29, 0.717) is 25.6 Å². The number of hydrogen-bond acceptors (Lipinski definition) is 8. The number of aromatic nitrogens is 4. The van der Waals surface area contributed by atoms with Crippen LogP contribution in [0.1, 0.15) is 5.01 Å². The molecule has 0 saturated carbocycles. The zero-order valence-corrected chi connectivity index (χ0v) is 15.1. The molecular formula is C17H18N6O2S. The summed E-state index contributed by atoms with van der Waals surface area (Å²) in [5.41, 5.74) is 1.52. The number of aryl methyl sites for hydroxylation is 1. The highest BCUT2D eigenvalue weighted by Crippen LogP contribution is 2.24. The lowest BCUT2D eigenvalue weighted by atomic mass is 10.2. The summed E-state index contributed by atoms with van der Waals surface area (Å²) in [5, 5.41) is 13.6. The van der Waals surface area contributed by atoms with E-state index < -0.39 is 0 Å². The molecule has 0 aliphatic carbocycles. The third-order valence-corrected chi connectivity index (χ3v) is 4.92. The van der Waals surface area contributed by atoms with Gasteiger partial charge in [-0.3, -0.25) is 9.69 Å². The number of fused-ring (bicyclic) bond motifs is 1. The van der Waals surface area contributed by atoms with Crippen LogP contribution in [0.5, 0.6) is 0 Å². The van der Waals surface area contributed by atoms with Crippen molar-refractivity contribution in [2.75, 3.05) is 38.2 Å². The molecule has 3 aromatic rings. The normalized spacial score (nSPS) is 15.3. The van der Waals surface area contributed by atoms with Gasteiger partial charge in [0.2, 0.25) is 5.91 Å². The van der Waals surface area contributed by atoms with Gasteiger partial charge >= 0.3 is 0 Å². The lowest BCUT2D eigenvalue weighted by Gasteiger charge is -2.25. The number of nitrogens with zero attached hydrogens (tertiary/aromatic N) is 5. The smallest absolute Gasteiger partial charge is 0.239 e. The number of anilines is 1.